The normalized spacial score (nSPS) is 10.9. The standard InChI is InChI=1S/C16H14FN3OS2/c1-2-12-7-13-15(18-9-19-16(13)23-12)22-8-14(21)20-11-5-3-10(17)4-6-11/h3-7,9H,2,8H2,1H3,(H,20,21). The van der Waals surface area contributed by atoms with E-state index < -0.39 is 0 Å². The van der Waals surface area contributed by atoms with Gasteiger partial charge in [0.05, 0.1) is 5.75 Å². The fraction of sp³-hybridized carbons (Fsp3) is 0.188. The van der Waals surface area contributed by atoms with E-state index in [0.717, 1.165) is 21.7 Å². The van der Waals surface area contributed by atoms with Crippen molar-refractivity contribution in [2.75, 3.05) is 11.1 Å². The molecule has 118 valence electrons. The van der Waals surface area contributed by atoms with Gasteiger partial charge in [-0.1, -0.05) is 18.7 Å². The summed E-state index contributed by atoms with van der Waals surface area (Å²) in [5.41, 5.74) is 0.577. The van der Waals surface area contributed by atoms with Gasteiger partial charge in [-0.2, -0.15) is 0 Å². The number of aryl methyl sites for hydroxylation is 1. The fourth-order valence-electron chi connectivity index (χ4n) is 2.04. The van der Waals surface area contributed by atoms with Crippen LogP contribution in [0.1, 0.15) is 11.8 Å². The number of rotatable bonds is 5. The molecule has 0 spiro atoms. The predicted molar refractivity (Wildman–Crippen MR) is 92.5 cm³/mol. The third-order valence-electron chi connectivity index (χ3n) is 3.16. The molecule has 0 unspecified atom stereocenters. The Hall–Kier alpha value is -1.99. The number of halogens is 1. The summed E-state index contributed by atoms with van der Waals surface area (Å²) in [5, 5.41) is 4.54. The van der Waals surface area contributed by atoms with Crippen molar-refractivity contribution >= 4 is 44.9 Å². The first-order valence-electron chi connectivity index (χ1n) is 7.07. The van der Waals surface area contributed by atoms with Gasteiger partial charge in [0.25, 0.3) is 0 Å². The zero-order valence-corrected chi connectivity index (χ0v) is 14.0. The minimum Gasteiger partial charge on any atom is -0.325 e. The van der Waals surface area contributed by atoms with Crippen LogP contribution in [-0.4, -0.2) is 21.6 Å². The first-order chi connectivity index (χ1) is 11.2. The highest BCUT2D eigenvalue weighted by molar-refractivity contribution is 8.00. The highest BCUT2D eigenvalue weighted by Gasteiger charge is 2.11. The van der Waals surface area contributed by atoms with Crippen LogP contribution in [0.2, 0.25) is 0 Å². The summed E-state index contributed by atoms with van der Waals surface area (Å²) in [6.07, 6.45) is 2.48. The zero-order valence-electron chi connectivity index (χ0n) is 12.4. The second-order valence-corrected chi connectivity index (χ2v) is 6.89. The summed E-state index contributed by atoms with van der Waals surface area (Å²) in [4.78, 5) is 22.7. The van der Waals surface area contributed by atoms with Crippen LogP contribution in [0.4, 0.5) is 10.1 Å². The molecule has 0 saturated carbocycles. The molecular formula is C16H14FN3OS2. The van der Waals surface area contributed by atoms with Crippen LogP contribution in [0.3, 0.4) is 0 Å². The van der Waals surface area contributed by atoms with Crippen LogP contribution < -0.4 is 5.32 Å². The second kappa shape index (κ2) is 7.06. The molecule has 0 aliphatic carbocycles. The lowest BCUT2D eigenvalue weighted by Gasteiger charge is -2.05. The molecular weight excluding hydrogens is 333 g/mol. The van der Waals surface area contributed by atoms with E-state index in [2.05, 4.69) is 28.3 Å². The number of fused-ring (bicyclic) bond motifs is 1. The van der Waals surface area contributed by atoms with E-state index in [1.54, 1.807) is 11.3 Å². The molecule has 0 aliphatic heterocycles. The van der Waals surface area contributed by atoms with E-state index in [4.69, 9.17) is 0 Å². The van der Waals surface area contributed by atoms with Crippen molar-refractivity contribution in [3.63, 3.8) is 0 Å². The fourth-order valence-corrected chi connectivity index (χ4v) is 3.81. The maximum absolute atomic E-state index is 12.8. The Bertz CT molecular complexity index is 833. The molecule has 0 fully saturated rings. The van der Waals surface area contributed by atoms with Crippen molar-refractivity contribution in [1.82, 2.24) is 9.97 Å². The number of amides is 1. The van der Waals surface area contributed by atoms with Crippen molar-refractivity contribution < 1.29 is 9.18 Å². The number of hydrogen-bond donors (Lipinski definition) is 1. The minimum atomic E-state index is -0.329. The van der Waals surface area contributed by atoms with Crippen molar-refractivity contribution in [2.24, 2.45) is 0 Å². The molecule has 1 amide bonds. The SMILES string of the molecule is CCc1cc2c(SCC(=O)Nc3ccc(F)cc3)ncnc2s1. The zero-order chi connectivity index (χ0) is 16.2. The smallest absolute Gasteiger partial charge is 0.234 e. The summed E-state index contributed by atoms with van der Waals surface area (Å²) < 4.78 is 12.8. The van der Waals surface area contributed by atoms with Crippen LogP contribution in [0.5, 0.6) is 0 Å². The van der Waals surface area contributed by atoms with E-state index in [-0.39, 0.29) is 17.5 Å². The largest absolute Gasteiger partial charge is 0.325 e. The molecule has 0 bridgehead atoms. The summed E-state index contributed by atoms with van der Waals surface area (Å²) in [7, 11) is 0. The van der Waals surface area contributed by atoms with E-state index in [9.17, 15) is 9.18 Å². The molecule has 2 aromatic heterocycles. The van der Waals surface area contributed by atoms with Crippen molar-refractivity contribution in [2.45, 2.75) is 18.4 Å². The molecule has 0 saturated heterocycles. The van der Waals surface area contributed by atoms with Crippen molar-refractivity contribution in [3.05, 3.63) is 47.4 Å². The number of hydrogen-bond acceptors (Lipinski definition) is 5. The average molecular weight is 347 g/mol. The quantitative estimate of drug-likeness (QED) is 0.557. The number of carbonyl (C=O) groups is 1. The van der Waals surface area contributed by atoms with Gasteiger partial charge in [0, 0.05) is 16.0 Å². The molecule has 1 aromatic carbocycles. The lowest BCUT2D eigenvalue weighted by molar-refractivity contribution is -0.113. The van der Waals surface area contributed by atoms with Crippen LogP contribution in [-0.2, 0) is 11.2 Å². The van der Waals surface area contributed by atoms with Gasteiger partial charge >= 0.3 is 0 Å². The van der Waals surface area contributed by atoms with Crippen LogP contribution in [0.25, 0.3) is 10.2 Å². The number of nitrogens with zero attached hydrogens (tertiary/aromatic N) is 2. The molecule has 0 atom stereocenters. The molecule has 3 aromatic rings. The Morgan fingerprint density at radius 1 is 1.30 bits per heavy atom. The molecule has 7 heteroatoms. The first-order valence-corrected chi connectivity index (χ1v) is 8.87. The molecule has 23 heavy (non-hydrogen) atoms. The Balaban J connectivity index is 1.67. The van der Waals surface area contributed by atoms with Gasteiger partial charge in [-0.3, -0.25) is 4.79 Å². The molecule has 2 heterocycles. The highest BCUT2D eigenvalue weighted by atomic mass is 32.2. The predicted octanol–water partition coefficient (Wildman–Crippen LogP) is 4.12. The number of anilines is 1. The summed E-state index contributed by atoms with van der Waals surface area (Å²) in [5.74, 6) is -0.245. The number of benzene rings is 1. The highest BCUT2D eigenvalue weighted by Crippen LogP contribution is 2.30. The molecule has 3 rings (SSSR count). The third kappa shape index (κ3) is 3.86. The molecule has 4 nitrogen and oxygen atoms in total. The molecule has 1 N–H and O–H groups in total. The van der Waals surface area contributed by atoms with E-state index in [1.807, 2.05) is 0 Å². The number of thiophene rings is 1. The Morgan fingerprint density at radius 3 is 2.83 bits per heavy atom. The maximum atomic E-state index is 12.8. The van der Waals surface area contributed by atoms with Crippen LogP contribution in [0, 0.1) is 5.82 Å². The van der Waals surface area contributed by atoms with Gasteiger partial charge in [-0.05, 0) is 36.8 Å². The Morgan fingerprint density at radius 2 is 2.09 bits per heavy atom. The van der Waals surface area contributed by atoms with E-state index in [0.29, 0.717) is 5.69 Å². The van der Waals surface area contributed by atoms with E-state index >= 15 is 0 Å². The lowest BCUT2D eigenvalue weighted by Crippen LogP contribution is -2.14. The third-order valence-corrected chi connectivity index (χ3v) is 5.35. The van der Waals surface area contributed by atoms with E-state index in [1.165, 1.54) is 47.2 Å². The Labute approximate surface area is 141 Å². The monoisotopic (exact) mass is 347 g/mol. The lowest BCUT2D eigenvalue weighted by atomic mass is 10.3. The average Bonchev–Trinajstić information content (AvgIpc) is 2.99. The van der Waals surface area contributed by atoms with Gasteiger partial charge in [0.15, 0.2) is 0 Å². The maximum Gasteiger partial charge on any atom is 0.234 e. The summed E-state index contributed by atoms with van der Waals surface area (Å²) in [6, 6.07) is 7.78. The van der Waals surface area contributed by atoms with Gasteiger partial charge in [-0.15, -0.1) is 11.3 Å². The first kappa shape index (κ1) is 15.9. The van der Waals surface area contributed by atoms with Crippen molar-refractivity contribution in [3.8, 4) is 0 Å². The second-order valence-electron chi connectivity index (χ2n) is 4.81. The number of carbonyl (C=O) groups excluding carboxylic acids is 1. The van der Waals surface area contributed by atoms with Gasteiger partial charge in [0.2, 0.25) is 5.91 Å². The topological polar surface area (TPSA) is 54.9 Å². The molecule has 0 aliphatic rings. The van der Waals surface area contributed by atoms with Gasteiger partial charge < -0.3 is 5.32 Å². The number of nitrogens with one attached hydrogen (secondary N) is 1. The number of thioether (sulfide) groups is 1. The number of aromatic nitrogens is 2. The Kier molecular flexibility index (Phi) is 4.88. The van der Waals surface area contributed by atoms with Gasteiger partial charge in [0.1, 0.15) is 22.0 Å². The van der Waals surface area contributed by atoms with Crippen molar-refractivity contribution in [1.29, 1.82) is 0 Å². The summed E-state index contributed by atoms with van der Waals surface area (Å²) in [6.45, 7) is 2.10. The molecule has 0 radical (unpaired) electrons. The van der Waals surface area contributed by atoms with Crippen LogP contribution in [0.15, 0.2) is 41.7 Å². The van der Waals surface area contributed by atoms with Gasteiger partial charge in [-0.25, -0.2) is 14.4 Å². The minimum absolute atomic E-state index is 0.153. The summed E-state index contributed by atoms with van der Waals surface area (Å²) >= 11 is 3.02. The van der Waals surface area contributed by atoms with Crippen LogP contribution >= 0.6 is 23.1 Å².